The van der Waals surface area contributed by atoms with Crippen LogP contribution in [0, 0.1) is 7.14 Å². The van der Waals surface area contributed by atoms with E-state index in [4.69, 9.17) is 14.2 Å². The summed E-state index contributed by atoms with van der Waals surface area (Å²) in [6.07, 6.45) is 1.41. The highest BCUT2D eigenvalue weighted by Gasteiger charge is 2.18. The third kappa shape index (κ3) is 6.20. The number of ether oxygens (including phenoxy) is 3. The lowest BCUT2D eigenvalue weighted by Gasteiger charge is -2.24. The first kappa shape index (κ1) is 16.9. The molecule has 0 radical (unpaired) electrons. The Kier molecular flexibility index (Phi) is 6.72. The van der Waals surface area contributed by atoms with Crippen molar-refractivity contribution in [1.29, 1.82) is 0 Å². The van der Waals surface area contributed by atoms with Crippen molar-refractivity contribution in [2.75, 3.05) is 13.2 Å². The van der Waals surface area contributed by atoms with Crippen molar-refractivity contribution in [1.82, 2.24) is 0 Å². The molecule has 0 aliphatic carbocycles. The van der Waals surface area contributed by atoms with E-state index < -0.39 is 0 Å². The van der Waals surface area contributed by atoms with Gasteiger partial charge in [0, 0.05) is 3.57 Å². The highest BCUT2D eigenvalue weighted by atomic mass is 127. The van der Waals surface area contributed by atoms with Crippen LogP contribution >= 0.6 is 45.2 Å². The van der Waals surface area contributed by atoms with E-state index in [-0.39, 0.29) is 5.60 Å². The Morgan fingerprint density at radius 3 is 2.47 bits per heavy atom. The van der Waals surface area contributed by atoms with Gasteiger partial charge in [0.25, 0.3) is 0 Å². The van der Waals surface area contributed by atoms with E-state index in [2.05, 4.69) is 57.8 Å². The molecule has 0 atom stereocenters. The molecule has 1 rings (SSSR count). The van der Waals surface area contributed by atoms with Gasteiger partial charge in [0.15, 0.2) is 11.5 Å². The fourth-order valence-corrected chi connectivity index (χ4v) is 3.30. The molecule has 3 nitrogen and oxygen atoms in total. The first-order valence-corrected chi connectivity index (χ1v) is 8.02. The fourth-order valence-electron chi connectivity index (χ4n) is 1.36. The van der Waals surface area contributed by atoms with Crippen molar-refractivity contribution in [3.05, 3.63) is 32.1 Å². The van der Waals surface area contributed by atoms with E-state index in [0.717, 1.165) is 18.6 Å². The highest BCUT2D eigenvalue weighted by Crippen LogP contribution is 2.36. The van der Waals surface area contributed by atoms with Gasteiger partial charge in [0.05, 0.1) is 9.83 Å². The molecule has 1 aromatic rings. The highest BCUT2D eigenvalue weighted by molar-refractivity contribution is 14.1. The van der Waals surface area contributed by atoms with Gasteiger partial charge in [-0.05, 0) is 78.1 Å². The maximum absolute atomic E-state index is 5.96. The zero-order chi connectivity index (χ0) is 14.5. The summed E-state index contributed by atoms with van der Waals surface area (Å²) in [5, 5.41) is 0. The minimum absolute atomic E-state index is 0.261. The maximum Gasteiger partial charge on any atom is 0.174 e. The van der Waals surface area contributed by atoms with Crippen LogP contribution in [0.15, 0.2) is 25.0 Å². The van der Waals surface area contributed by atoms with Crippen LogP contribution in [0.5, 0.6) is 11.5 Å². The number of hydrogen-bond acceptors (Lipinski definition) is 3. The smallest absolute Gasteiger partial charge is 0.174 e. The van der Waals surface area contributed by atoms with E-state index in [0.29, 0.717) is 13.2 Å². The summed E-state index contributed by atoms with van der Waals surface area (Å²) in [5.41, 5.74) is -0.261. The lowest BCUT2D eigenvalue weighted by atomic mass is 10.2. The maximum atomic E-state index is 5.96. The van der Waals surface area contributed by atoms with Gasteiger partial charge in [-0.2, -0.15) is 0 Å². The van der Waals surface area contributed by atoms with Crippen molar-refractivity contribution in [3.8, 4) is 11.5 Å². The lowest BCUT2D eigenvalue weighted by Crippen LogP contribution is -2.23. The monoisotopic (exact) mass is 488 g/mol. The third-order valence-electron chi connectivity index (χ3n) is 1.96. The van der Waals surface area contributed by atoms with Crippen molar-refractivity contribution in [2.45, 2.75) is 26.4 Å². The second kappa shape index (κ2) is 7.56. The summed E-state index contributed by atoms with van der Waals surface area (Å²) < 4.78 is 18.9. The minimum Gasteiger partial charge on any atom is -0.498 e. The summed E-state index contributed by atoms with van der Waals surface area (Å²) in [6, 6.07) is 4.04. The Bertz CT molecular complexity index is 439. The Morgan fingerprint density at radius 2 is 1.89 bits per heavy atom. The summed E-state index contributed by atoms with van der Waals surface area (Å²) in [6.45, 7) is 10.5. The molecule has 0 heterocycles. The van der Waals surface area contributed by atoms with Gasteiger partial charge < -0.3 is 14.2 Å². The zero-order valence-electron chi connectivity index (χ0n) is 11.3. The van der Waals surface area contributed by atoms with Gasteiger partial charge in [-0.1, -0.05) is 6.58 Å². The molecule has 5 heteroatoms. The second-order valence-corrected chi connectivity index (χ2v) is 7.22. The molecular weight excluding hydrogens is 470 g/mol. The standard InChI is InChI=1S/C14H18I2O3/c1-5-17-6-7-18-13-11(16)8-10(15)9-12(13)19-14(2,3)4/h5,8-9H,1,6-7H2,2-4H3. The van der Waals surface area contributed by atoms with Crippen LogP contribution in [0.2, 0.25) is 0 Å². The van der Waals surface area contributed by atoms with Gasteiger partial charge in [-0.3, -0.25) is 0 Å². The predicted octanol–water partition coefficient (Wildman–Crippen LogP) is 4.61. The fraction of sp³-hybridized carbons (Fsp3) is 0.429. The molecule has 0 saturated carbocycles. The van der Waals surface area contributed by atoms with E-state index in [1.165, 1.54) is 6.26 Å². The van der Waals surface area contributed by atoms with E-state index >= 15 is 0 Å². The molecule has 0 unspecified atom stereocenters. The van der Waals surface area contributed by atoms with Gasteiger partial charge in [0.1, 0.15) is 18.8 Å². The lowest BCUT2D eigenvalue weighted by molar-refractivity contribution is 0.118. The van der Waals surface area contributed by atoms with E-state index in [1.807, 2.05) is 26.8 Å². The van der Waals surface area contributed by atoms with Crippen LogP contribution in [-0.4, -0.2) is 18.8 Å². The first-order chi connectivity index (χ1) is 8.83. The van der Waals surface area contributed by atoms with Gasteiger partial charge in [-0.15, -0.1) is 0 Å². The van der Waals surface area contributed by atoms with Crippen LogP contribution in [0.3, 0.4) is 0 Å². The zero-order valence-corrected chi connectivity index (χ0v) is 15.6. The molecule has 106 valence electrons. The van der Waals surface area contributed by atoms with Gasteiger partial charge in [-0.25, -0.2) is 0 Å². The predicted molar refractivity (Wildman–Crippen MR) is 93.9 cm³/mol. The Morgan fingerprint density at radius 1 is 1.21 bits per heavy atom. The SMILES string of the molecule is C=COCCOc1c(I)cc(I)cc1OC(C)(C)C. The topological polar surface area (TPSA) is 27.7 Å². The van der Waals surface area contributed by atoms with E-state index in [9.17, 15) is 0 Å². The molecule has 0 bridgehead atoms. The van der Waals surface area contributed by atoms with Crippen LogP contribution in [0.25, 0.3) is 0 Å². The Labute approximate surface area is 142 Å². The number of hydrogen-bond donors (Lipinski definition) is 0. The largest absolute Gasteiger partial charge is 0.498 e. The van der Waals surface area contributed by atoms with Gasteiger partial charge >= 0.3 is 0 Å². The third-order valence-corrected chi connectivity index (χ3v) is 3.38. The van der Waals surface area contributed by atoms with Crippen LogP contribution < -0.4 is 9.47 Å². The Balaban J connectivity index is 2.90. The number of halogens is 2. The second-order valence-electron chi connectivity index (χ2n) is 4.82. The quantitative estimate of drug-likeness (QED) is 0.333. The van der Waals surface area contributed by atoms with Crippen molar-refractivity contribution >= 4 is 45.2 Å². The summed E-state index contributed by atoms with van der Waals surface area (Å²) in [7, 11) is 0. The molecule has 0 spiro atoms. The molecule has 0 aliphatic rings. The van der Waals surface area contributed by atoms with Crippen LogP contribution in [-0.2, 0) is 4.74 Å². The average molecular weight is 488 g/mol. The molecule has 0 amide bonds. The first-order valence-electron chi connectivity index (χ1n) is 5.87. The molecular formula is C14H18I2O3. The molecule has 0 N–H and O–H groups in total. The van der Waals surface area contributed by atoms with E-state index in [1.54, 1.807) is 0 Å². The number of rotatable bonds is 6. The molecule has 0 aromatic heterocycles. The van der Waals surface area contributed by atoms with Crippen molar-refractivity contribution in [2.24, 2.45) is 0 Å². The minimum atomic E-state index is -0.261. The normalized spacial score (nSPS) is 11.0. The molecule has 0 fully saturated rings. The number of benzene rings is 1. The summed E-state index contributed by atoms with van der Waals surface area (Å²) in [4.78, 5) is 0. The Hall–Kier alpha value is -0.180. The summed E-state index contributed by atoms with van der Waals surface area (Å²) in [5.74, 6) is 1.53. The average Bonchev–Trinajstić information content (AvgIpc) is 2.24. The summed E-state index contributed by atoms with van der Waals surface area (Å²) >= 11 is 4.53. The molecule has 0 saturated heterocycles. The van der Waals surface area contributed by atoms with Gasteiger partial charge in [0.2, 0.25) is 0 Å². The molecule has 0 aliphatic heterocycles. The van der Waals surface area contributed by atoms with Crippen LogP contribution in [0.1, 0.15) is 20.8 Å². The molecule has 19 heavy (non-hydrogen) atoms. The molecule has 1 aromatic carbocycles. The van der Waals surface area contributed by atoms with Crippen molar-refractivity contribution < 1.29 is 14.2 Å². The van der Waals surface area contributed by atoms with Crippen molar-refractivity contribution in [3.63, 3.8) is 0 Å². The van der Waals surface area contributed by atoms with Crippen LogP contribution in [0.4, 0.5) is 0 Å².